The molecule has 0 bridgehead atoms. The Morgan fingerprint density at radius 2 is 1.00 bits per heavy atom. The van der Waals surface area contributed by atoms with Crippen molar-refractivity contribution in [2.45, 2.75) is 0 Å². The van der Waals surface area contributed by atoms with Crippen LogP contribution in [-0.4, -0.2) is 43.2 Å². The van der Waals surface area contributed by atoms with Gasteiger partial charge < -0.3 is 15.3 Å². The second kappa shape index (κ2) is 40.3. The van der Waals surface area contributed by atoms with E-state index in [1.54, 1.807) is 0 Å². The van der Waals surface area contributed by atoms with Gasteiger partial charge in [-0.15, -0.1) is 0 Å². The predicted octanol–water partition coefficient (Wildman–Crippen LogP) is -2.10. The summed E-state index contributed by atoms with van der Waals surface area (Å²) >= 11 is 0. The van der Waals surface area contributed by atoms with Gasteiger partial charge in [0.15, 0.2) is 0 Å². The maximum atomic E-state index is 8.35. The summed E-state index contributed by atoms with van der Waals surface area (Å²) in [7, 11) is -2.17. The van der Waals surface area contributed by atoms with Gasteiger partial charge in [0.05, 0.1) is 17.4 Å². The fourth-order valence-electron chi connectivity index (χ4n) is 0. The van der Waals surface area contributed by atoms with E-state index in [0.717, 1.165) is 0 Å². The molecule has 0 spiro atoms. The molecule has 8 heavy (non-hydrogen) atoms. The van der Waals surface area contributed by atoms with E-state index in [1.165, 1.54) is 0 Å². The molecular weight excluding hydrogens is 182 g/mol. The van der Waals surface area contributed by atoms with Crippen molar-refractivity contribution in [3.8, 4) is 0 Å². The fraction of sp³-hybridized carbons (Fsp3) is 0. The first kappa shape index (κ1) is 22.8. The minimum absolute atomic E-state index is 0. The Labute approximate surface area is 79.0 Å². The molecule has 0 aliphatic rings. The molecular formula is H2CaO5P2. The van der Waals surface area contributed by atoms with Crippen LogP contribution in [0.15, 0.2) is 0 Å². The van der Waals surface area contributed by atoms with Crippen LogP contribution in [0.1, 0.15) is 0 Å². The molecule has 0 atom stereocenters. The maximum absolute atomic E-state index is 8.35. The van der Waals surface area contributed by atoms with Crippen LogP contribution in [0.3, 0.4) is 0 Å². The summed E-state index contributed by atoms with van der Waals surface area (Å²) in [6, 6.07) is 0. The van der Waals surface area contributed by atoms with Crippen molar-refractivity contribution in [2.24, 2.45) is 0 Å². The predicted molar refractivity (Wildman–Crippen MR) is 24.6 cm³/mol. The summed E-state index contributed by atoms with van der Waals surface area (Å²) in [5.74, 6) is 0. The SMILES string of the molecule is O.O=P[O-].O=P[O-].[Ca+2]. The maximum Gasteiger partial charge on any atom is 2.00 e. The van der Waals surface area contributed by atoms with Crippen molar-refractivity contribution in [3.05, 3.63) is 0 Å². The third-order valence-corrected chi connectivity index (χ3v) is 0. The Bertz CT molecular complexity index is 31.4. The van der Waals surface area contributed by atoms with Crippen LogP contribution < -0.4 is 9.79 Å². The first-order chi connectivity index (χ1) is 2.83. The van der Waals surface area contributed by atoms with Gasteiger partial charge in [0.1, 0.15) is 0 Å². The molecule has 5 nitrogen and oxygen atoms in total. The molecule has 0 amide bonds. The molecule has 0 radical (unpaired) electrons. The molecule has 44 valence electrons. The molecule has 0 saturated heterocycles. The molecule has 8 heteroatoms. The normalized spacial score (nSPS) is 5.25. The smallest absolute Gasteiger partial charge is 0.772 e. The summed E-state index contributed by atoms with van der Waals surface area (Å²) in [6.07, 6.45) is 0. The van der Waals surface area contributed by atoms with E-state index in [4.69, 9.17) is 18.9 Å². The van der Waals surface area contributed by atoms with E-state index >= 15 is 0 Å². The second-order valence-corrected chi connectivity index (χ2v) is 0.447. The third-order valence-electron chi connectivity index (χ3n) is 0. The standard InChI is InChI=1S/Ca.2HO2P.H2O/c;2*1-3-2;/h;2*(H,1,2);1H2/q+2;;;/p-2. The summed E-state index contributed by atoms with van der Waals surface area (Å²) < 4.78 is 16.7. The molecule has 0 aromatic carbocycles. The topological polar surface area (TPSA) is 112 Å². The van der Waals surface area contributed by atoms with Gasteiger partial charge in [0.25, 0.3) is 0 Å². The van der Waals surface area contributed by atoms with Gasteiger partial charge in [-0.25, -0.2) is 0 Å². The molecule has 0 rings (SSSR count). The largest absolute Gasteiger partial charge is 2.00 e. The van der Waals surface area contributed by atoms with Crippen molar-refractivity contribution in [1.29, 1.82) is 0 Å². The van der Waals surface area contributed by atoms with E-state index < -0.39 is 17.4 Å². The Hall–Kier alpha value is 1.34. The van der Waals surface area contributed by atoms with Gasteiger partial charge in [-0.3, -0.25) is 9.13 Å². The van der Waals surface area contributed by atoms with Gasteiger partial charge in [-0.05, 0) is 0 Å². The van der Waals surface area contributed by atoms with Gasteiger partial charge in [-0.2, -0.15) is 0 Å². The third kappa shape index (κ3) is 164. The summed E-state index contributed by atoms with van der Waals surface area (Å²) in [5, 5.41) is 0. The summed E-state index contributed by atoms with van der Waals surface area (Å²) in [6.45, 7) is 0. The van der Waals surface area contributed by atoms with Gasteiger partial charge in [-0.1, -0.05) is 0 Å². The van der Waals surface area contributed by atoms with Crippen LogP contribution in [0, 0.1) is 0 Å². The van der Waals surface area contributed by atoms with Crippen LogP contribution >= 0.6 is 17.4 Å². The van der Waals surface area contributed by atoms with Crippen LogP contribution in [-0.2, 0) is 9.13 Å². The second-order valence-electron chi connectivity index (χ2n) is 0.149. The molecule has 2 N–H and O–H groups in total. The Kier molecular flexibility index (Phi) is 115. The monoisotopic (exact) mass is 184 g/mol. The molecule has 0 aliphatic carbocycles. The van der Waals surface area contributed by atoms with Gasteiger partial charge in [0, 0.05) is 0 Å². The molecule has 0 aromatic heterocycles. The van der Waals surface area contributed by atoms with Crippen molar-refractivity contribution in [1.82, 2.24) is 0 Å². The van der Waals surface area contributed by atoms with Gasteiger partial charge >= 0.3 is 37.7 Å². The minimum atomic E-state index is -1.08. The van der Waals surface area contributed by atoms with Crippen molar-refractivity contribution in [2.75, 3.05) is 0 Å². The summed E-state index contributed by atoms with van der Waals surface area (Å²) in [4.78, 5) is 16.7. The Morgan fingerprint density at radius 1 is 1.00 bits per heavy atom. The summed E-state index contributed by atoms with van der Waals surface area (Å²) in [5.41, 5.74) is 0. The molecule has 0 saturated carbocycles. The Morgan fingerprint density at radius 3 is 1.00 bits per heavy atom. The molecule has 0 fully saturated rings. The average molecular weight is 184 g/mol. The first-order valence-electron chi connectivity index (χ1n) is 0.730. The number of rotatable bonds is 0. The first-order valence-corrected chi connectivity index (χ1v) is 2.19. The molecule has 0 aromatic rings. The Balaban J connectivity index is -0.0000000160. The zero-order valence-electron chi connectivity index (χ0n) is 3.73. The van der Waals surface area contributed by atoms with Crippen LogP contribution in [0.2, 0.25) is 0 Å². The quantitative estimate of drug-likeness (QED) is 0.317. The zero-order chi connectivity index (χ0) is 5.41. The van der Waals surface area contributed by atoms with Crippen molar-refractivity contribution >= 4 is 55.1 Å². The van der Waals surface area contributed by atoms with E-state index in [9.17, 15) is 0 Å². The number of hydrogen-bond donors (Lipinski definition) is 0. The van der Waals surface area contributed by atoms with Crippen LogP contribution in [0.5, 0.6) is 0 Å². The van der Waals surface area contributed by atoms with E-state index in [2.05, 4.69) is 0 Å². The number of hydrogen-bond acceptors (Lipinski definition) is 4. The zero-order valence-corrected chi connectivity index (χ0v) is 7.73. The minimum Gasteiger partial charge on any atom is -0.772 e. The van der Waals surface area contributed by atoms with Crippen molar-refractivity contribution < 1.29 is 24.4 Å². The van der Waals surface area contributed by atoms with Gasteiger partial charge in [0.2, 0.25) is 0 Å². The molecule has 0 unspecified atom stereocenters. The average Bonchev–Trinajstić information content (AvgIpc) is 1.39. The van der Waals surface area contributed by atoms with E-state index in [-0.39, 0.29) is 43.2 Å². The van der Waals surface area contributed by atoms with Crippen molar-refractivity contribution in [3.63, 3.8) is 0 Å². The van der Waals surface area contributed by atoms with Crippen LogP contribution in [0.25, 0.3) is 0 Å². The molecule has 0 aliphatic heterocycles. The van der Waals surface area contributed by atoms with Crippen LogP contribution in [0.4, 0.5) is 0 Å². The van der Waals surface area contributed by atoms with E-state index in [0.29, 0.717) is 0 Å². The van der Waals surface area contributed by atoms with E-state index in [1.807, 2.05) is 0 Å². The fourth-order valence-corrected chi connectivity index (χ4v) is 0. The molecule has 0 heterocycles.